The zero-order valence-corrected chi connectivity index (χ0v) is 20.1. The van der Waals surface area contributed by atoms with Crippen molar-refractivity contribution < 1.29 is 9.15 Å². The maximum Gasteiger partial charge on any atom is 0.336 e. The lowest BCUT2D eigenvalue weighted by atomic mass is 10.0. The van der Waals surface area contributed by atoms with Crippen LogP contribution in [0.25, 0.3) is 38.8 Å². The summed E-state index contributed by atoms with van der Waals surface area (Å²) >= 11 is 1.51. The quantitative estimate of drug-likeness (QED) is 0.163. The molecule has 0 bridgehead atoms. The highest BCUT2D eigenvalue weighted by Crippen LogP contribution is 2.33. The first-order valence-corrected chi connectivity index (χ1v) is 12.3. The number of methoxy groups -OCH3 is 1. The van der Waals surface area contributed by atoms with Gasteiger partial charge >= 0.3 is 5.63 Å². The Labute approximate surface area is 210 Å². The molecule has 0 aliphatic carbocycles. The summed E-state index contributed by atoms with van der Waals surface area (Å²) in [6.07, 6.45) is 3.46. The number of nitrogens with zero attached hydrogens (tertiary/aromatic N) is 4. The van der Waals surface area contributed by atoms with Crippen molar-refractivity contribution in [2.45, 2.75) is 10.9 Å². The molecule has 0 saturated carbocycles. The molecule has 0 spiro atoms. The van der Waals surface area contributed by atoms with Gasteiger partial charge in [-0.15, -0.1) is 10.2 Å². The SMILES string of the molecule is COc1ccc(-n2c(SCc3cc(=O)oc4ccc5ccccc5c34)nnc2-c2ccncc2)cc1. The van der Waals surface area contributed by atoms with Gasteiger partial charge in [0.15, 0.2) is 11.0 Å². The van der Waals surface area contributed by atoms with Crippen molar-refractivity contribution in [2.75, 3.05) is 7.11 Å². The van der Waals surface area contributed by atoms with E-state index >= 15 is 0 Å². The lowest BCUT2D eigenvalue weighted by Gasteiger charge is -2.12. The molecule has 176 valence electrons. The van der Waals surface area contributed by atoms with Crippen molar-refractivity contribution in [3.63, 3.8) is 0 Å². The van der Waals surface area contributed by atoms with Crippen molar-refractivity contribution in [3.8, 4) is 22.8 Å². The van der Waals surface area contributed by atoms with E-state index in [2.05, 4.69) is 21.2 Å². The number of pyridine rings is 1. The van der Waals surface area contributed by atoms with Crippen LogP contribution in [0, 0.1) is 0 Å². The van der Waals surface area contributed by atoms with Crippen molar-refractivity contribution in [1.29, 1.82) is 0 Å². The highest BCUT2D eigenvalue weighted by atomic mass is 32.2. The fraction of sp³-hybridized carbons (Fsp3) is 0.0714. The number of fused-ring (bicyclic) bond motifs is 3. The van der Waals surface area contributed by atoms with Gasteiger partial charge in [-0.25, -0.2) is 4.79 Å². The molecule has 0 fully saturated rings. The van der Waals surface area contributed by atoms with Crippen molar-refractivity contribution >= 4 is 33.5 Å². The van der Waals surface area contributed by atoms with Gasteiger partial charge in [-0.2, -0.15) is 0 Å². The summed E-state index contributed by atoms with van der Waals surface area (Å²) in [6, 6.07) is 25.0. The molecular weight excluding hydrogens is 472 g/mol. The molecule has 0 aliphatic rings. The van der Waals surface area contributed by atoms with Gasteiger partial charge in [-0.1, -0.05) is 42.1 Å². The first kappa shape index (κ1) is 22.1. The number of thioether (sulfide) groups is 1. The van der Waals surface area contributed by atoms with Gasteiger partial charge in [0.1, 0.15) is 11.3 Å². The molecule has 0 saturated heterocycles. The second kappa shape index (κ2) is 9.31. The van der Waals surface area contributed by atoms with Crippen LogP contribution in [0.2, 0.25) is 0 Å². The third-order valence-electron chi connectivity index (χ3n) is 5.97. The third kappa shape index (κ3) is 4.01. The molecule has 3 heterocycles. The first-order valence-electron chi connectivity index (χ1n) is 11.3. The normalized spacial score (nSPS) is 11.2. The summed E-state index contributed by atoms with van der Waals surface area (Å²) in [5.41, 5.74) is 2.89. The fourth-order valence-electron chi connectivity index (χ4n) is 4.29. The Morgan fingerprint density at radius 2 is 1.75 bits per heavy atom. The van der Waals surface area contributed by atoms with E-state index in [-0.39, 0.29) is 5.63 Å². The average Bonchev–Trinajstić information content (AvgIpc) is 3.36. The van der Waals surface area contributed by atoms with Crippen molar-refractivity contribution in [3.05, 3.63) is 107 Å². The van der Waals surface area contributed by atoms with Crippen LogP contribution in [0.5, 0.6) is 5.75 Å². The van der Waals surface area contributed by atoms with E-state index in [9.17, 15) is 4.79 Å². The Kier molecular flexibility index (Phi) is 5.71. The Bertz CT molecular complexity index is 1750. The third-order valence-corrected chi connectivity index (χ3v) is 6.95. The molecule has 0 atom stereocenters. The van der Waals surface area contributed by atoms with E-state index < -0.39 is 0 Å². The smallest absolute Gasteiger partial charge is 0.336 e. The predicted molar refractivity (Wildman–Crippen MR) is 141 cm³/mol. The van der Waals surface area contributed by atoms with Gasteiger partial charge in [-0.05, 0) is 58.8 Å². The molecule has 36 heavy (non-hydrogen) atoms. The lowest BCUT2D eigenvalue weighted by molar-refractivity contribution is 0.414. The van der Waals surface area contributed by atoms with Gasteiger partial charge in [-0.3, -0.25) is 9.55 Å². The second-order valence-electron chi connectivity index (χ2n) is 8.11. The first-order chi connectivity index (χ1) is 17.7. The van der Waals surface area contributed by atoms with Crippen molar-refractivity contribution in [1.82, 2.24) is 19.7 Å². The number of ether oxygens (including phenoxy) is 1. The lowest BCUT2D eigenvalue weighted by Crippen LogP contribution is -2.02. The van der Waals surface area contributed by atoms with Crippen LogP contribution in [-0.2, 0) is 5.75 Å². The molecule has 0 radical (unpaired) electrons. The van der Waals surface area contributed by atoms with Gasteiger partial charge in [0.05, 0.1) is 7.11 Å². The Balaban J connectivity index is 1.45. The second-order valence-corrected chi connectivity index (χ2v) is 9.06. The van der Waals surface area contributed by atoms with Crippen LogP contribution >= 0.6 is 11.8 Å². The molecule has 0 aliphatic heterocycles. The molecule has 3 aromatic carbocycles. The Morgan fingerprint density at radius 3 is 2.56 bits per heavy atom. The molecular formula is C28H20N4O3S. The van der Waals surface area contributed by atoms with E-state index in [1.165, 1.54) is 11.8 Å². The summed E-state index contributed by atoms with van der Waals surface area (Å²) in [6.45, 7) is 0. The standard InChI is InChI=1S/C28H20N4O3S/c1-34-22-9-7-21(8-10-22)32-27(19-12-14-29-15-13-19)30-31-28(32)36-17-20-16-25(33)35-24-11-6-18-4-2-3-5-23(18)26(20)24/h2-16H,17H2,1H3. The fourth-order valence-corrected chi connectivity index (χ4v) is 5.22. The van der Waals surface area contributed by atoms with E-state index in [1.807, 2.05) is 71.3 Å². The van der Waals surface area contributed by atoms with E-state index in [0.29, 0.717) is 22.3 Å². The van der Waals surface area contributed by atoms with Gasteiger partial charge in [0.2, 0.25) is 0 Å². The highest BCUT2D eigenvalue weighted by Gasteiger charge is 2.18. The van der Waals surface area contributed by atoms with Gasteiger partial charge in [0, 0.05) is 40.8 Å². The highest BCUT2D eigenvalue weighted by molar-refractivity contribution is 7.98. The average molecular weight is 493 g/mol. The van der Waals surface area contributed by atoms with Gasteiger partial charge in [0.25, 0.3) is 0 Å². The minimum Gasteiger partial charge on any atom is -0.497 e. The summed E-state index contributed by atoms with van der Waals surface area (Å²) in [4.78, 5) is 16.5. The number of hydrogen-bond donors (Lipinski definition) is 0. The summed E-state index contributed by atoms with van der Waals surface area (Å²) in [7, 11) is 1.64. The number of aromatic nitrogens is 4. The number of rotatable bonds is 6. The minimum absolute atomic E-state index is 0.373. The van der Waals surface area contributed by atoms with Crippen LogP contribution in [-0.4, -0.2) is 26.9 Å². The van der Waals surface area contributed by atoms with Crippen LogP contribution in [0.15, 0.2) is 106 Å². The monoisotopic (exact) mass is 492 g/mol. The molecule has 6 aromatic rings. The number of hydrogen-bond acceptors (Lipinski definition) is 7. The molecule has 0 amide bonds. The molecule has 3 aromatic heterocycles. The van der Waals surface area contributed by atoms with Crippen LogP contribution in [0.3, 0.4) is 0 Å². The summed E-state index contributed by atoms with van der Waals surface area (Å²) in [5, 5.41) is 12.8. The molecule has 7 nitrogen and oxygen atoms in total. The molecule has 6 rings (SSSR count). The van der Waals surface area contributed by atoms with Crippen LogP contribution < -0.4 is 10.4 Å². The summed E-state index contributed by atoms with van der Waals surface area (Å²) in [5.74, 6) is 1.98. The number of benzene rings is 3. The largest absolute Gasteiger partial charge is 0.497 e. The summed E-state index contributed by atoms with van der Waals surface area (Å²) < 4.78 is 12.9. The van der Waals surface area contributed by atoms with Crippen LogP contribution in [0.4, 0.5) is 0 Å². The Hall–Kier alpha value is -4.43. The maximum absolute atomic E-state index is 12.4. The van der Waals surface area contributed by atoms with E-state index in [4.69, 9.17) is 9.15 Å². The molecule has 0 N–H and O–H groups in total. The molecule has 8 heteroatoms. The van der Waals surface area contributed by atoms with E-state index in [1.54, 1.807) is 25.6 Å². The maximum atomic E-state index is 12.4. The van der Waals surface area contributed by atoms with Crippen molar-refractivity contribution in [2.24, 2.45) is 0 Å². The van der Waals surface area contributed by atoms with Crippen LogP contribution in [0.1, 0.15) is 5.56 Å². The predicted octanol–water partition coefficient (Wildman–Crippen LogP) is 5.89. The van der Waals surface area contributed by atoms with Gasteiger partial charge < -0.3 is 9.15 Å². The Morgan fingerprint density at radius 1 is 0.944 bits per heavy atom. The topological polar surface area (TPSA) is 83.0 Å². The minimum atomic E-state index is -0.373. The zero-order valence-electron chi connectivity index (χ0n) is 19.3. The van der Waals surface area contributed by atoms with E-state index in [0.717, 1.165) is 38.7 Å². The zero-order chi connectivity index (χ0) is 24.5. The molecule has 0 unspecified atom stereocenters.